The number of aliphatic hydroxyl groups excluding tert-OH is 2. The van der Waals surface area contributed by atoms with Gasteiger partial charge in [0.2, 0.25) is 5.91 Å². The molecule has 3 N–H and O–H groups in total. The lowest BCUT2D eigenvalue weighted by Gasteiger charge is -2.44. The Bertz CT molecular complexity index is 1710. The summed E-state index contributed by atoms with van der Waals surface area (Å²) in [5, 5.41) is 25.7. The minimum Gasteiger partial charge on any atom is -0.462 e. The molecule has 0 spiro atoms. The van der Waals surface area contributed by atoms with E-state index in [1.165, 1.54) is 109 Å². The molecule has 13 heteroatoms. The van der Waals surface area contributed by atoms with Gasteiger partial charge < -0.3 is 34.3 Å². The number of halogens is 1. The Balaban J connectivity index is 1.80. The first kappa shape index (κ1) is 64.1. The van der Waals surface area contributed by atoms with E-state index in [4.69, 9.17) is 18.7 Å². The summed E-state index contributed by atoms with van der Waals surface area (Å²) in [5.41, 5.74) is 0. The van der Waals surface area contributed by atoms with Crippen molar-refractivity contribution in [3.8, 4) is 0 Å². The van der Waals surface area contributed by atoms with Crippen molar-refractivity contribution in [2.24, 2.45) is 0 Å². The second-order valence-corrected chi connectivity index (χ2v) is 23.1. The lowest BCUT2D eigenvalue weighted by Crippen LogP contribution is -2.65. The van der Waals surface area contributed by atoms with Crippen LogP contribution in [0.15, 0.2) is 60.7 Å². The Morgan fingerprint density at radius 2 is 1.01 bits per heavy atom. The summed E-state index contributed by atoms with van der Waals surface area (Å²) in [6.07, 6.45) is 24.4. The van der Waals surface area contributed by atoms with Crippen LogP contribution in [0.3, 0.4) is 0 Å². The van der Waals surface area contributed by atoms with Gasteiger partial charge in [0.25, 0.3) is 7.37 Å². The van der Waals surface area contributed by atoms with Gasteiger partial charge in [-0.15, -0.1) is 0 Å². The largest absolute Gasteiger partial charge is 0.462 e. The van der Waals surface area contributed by atoms with Crippen LogP contribution in [0.4, 0.5) is 4.39 Å². The maximum Gasteiger partial charge on any atom is 0.310 e. The number of hydrogen-bond donors (Lipinski definition) is 3. The number of carbonyl (C=O) groups excluding carboxylic acids is 3. The molecule has 73 heavy (non-hydrogen) atoms. The van der Waals surface area contributed by atoms with E-state index in [9.17, 15) is 24.6 Å². The van der Waals surface area contributed by atoms with Crippen LogP contribution in [0.5, 0.6) is 0 Å². The van der Waals surface area contributed by atoms with Crippen LogP contribution in [0, 0.1) is 0 Å². The van der Waals surface area contributed by atoms with E-state index in [1.807, 2.05) is 0 Å². The van der Waals surface area contributed by atoms with Crippen molar-refractivity contribution in [2.45, 2.75) is 282 Å². The predicted octanol–water partition coefficient (Wildman–Crippen LogP) is 14.0. The molecule has 1 aliphatic heterocycles. The summed E-state index contributed by atoms with van der Waals surface area (Å²) in [5.74, 6) is -1.86. The monoisotopic (exact) mass is 1040 g/mol. The SMILES string of the molecule is CCCCCCCCCCCCCC(=O)O[C@H](CCCCCCCCCCC)CC(=O)O[C@H]1[C@H](OP(=O)(c2ccccc2)c2ccccc2)[C@@H](CF)OC(O)[C@@H]1NC(=O)C[C@@H](O)CCCCCCCCCCC. The molecule has 7 atom stereocenters. The summed E-state index contributed by atoms with van der Waals surface area (Å²) in [6.45, 7) is 5.42. The van der Waals surface area contributed by atoms with Crippen LogP contribution < -0.4 is 15.9 Å². The predicted molar refractivity (Wildman–Crippen MR) is 293 cm³/mol. The van der Waals surface area contributed by atoms with Crippen molar-refractivity contribution < 1.29 is 52.3 Å². The molecule has 11 nitrogen and oxygen atoms in total. The van der Waals surface area contributed by atoms with Crippen LogP contribution in [-0.2, 0) is 37.7 Å². The standard InChI is InChI=1S/C60H99FNO10P/c1-4-7-10-13-16-19-20-23-26-29-38-45-55(65)69-50(40-33-28-25-22-18-15-12-9-6-3)47-56(66)71-59-57(62-54(64)46-49(63)39-32-27-24-21-17-14-11-8-5-2)60(67)70-53(48-61)58(59)72-73(68,51-41-34-30-35-42-51)52-43-36-31-37-44-52/h30-31,34-37,41-44,49-50,53,57-60,63,67H,4-29,32-33,38-40,45-48H2,1-3H3,(H,62,64)/t49-,50+,53+,57+,58+,59+,60?/m0/s1. The summed E-state index contributed by atoms with van der Waals surface area (Å²) in [7, 11) is -4.10. The number of benzene rings is 2. The fraction of sp³-hybridized carbons (Fsp3) is 0.750. The van der Waals surface area contributed by atoms with Crippen molar-refractivity contribution in [2.75, 3.05) is 6.67 Å². The van der Waals surface area contributed by atoms with Crippen LogP contribution >= 0.6 is 7.37 Å². The first-order valence-electron chi connectivity index (χ1n) is 29.2. The highest BCUT2D eigenvalue weighted by molar-refractivity contribution is 7.74. The second-order valence-electron chi connectivity index (χ2n) is 20.8. The minimum absolute atomic E-state index is 0.230. The average molecular weight is 1040 g/mol. The lowest BCUT2D eigenvalue weighted by molar-refractivity contribution is -0.250. The summed E-state index contributed by atoms with van der Waals surface area (Å²) >= 11 is 0. The van der Waals surface area contributed by atoms with Gasteiger partial charge in [-0.25, -0.2) is 4.39 Å². The van der Waals surface area contributed by atoms with Crippen molar-refractivity contribution in [1.82, 2.24) is 5.32 Å². The number of esters is 2. The van der Waals surface area contributed by atoms with Crippen molar-refractivity contribution in [1.29, 1.82) is 0 Å². The topological polar surface area (TPSA) is 158 Å². The molecule has 3 rings (SSSR count). The number of unbranched alkanes of at least 4 members (excludes halogenated alkanes) is 26. The fourth-order valence-corrected chi connectivity index (χ4v) is 12.1. The number of carbonyl (C=O) groups is 3. The van der Waals surface area contributed by atoms with Gasteiger partial charge in [-0.2, -0.15) is 0 Å². The smallest absolute Gasteiger partial charge is 0.310 e. The number of amides is 1. The highest BCUT2D eigenvalue weighted by Gasteiger charge is 2.52. The molecule has 0 bridgehead atoms. The molecule has 1 heterocycles. The zero-order chi connectivity index (χ0) is 52.8. The third-order valence-electron chi connectivity index (χ3n) is 14.2. The van der Waals surface area contributed by atoms with Crippen LogP contribution in [0.1, 0.15) is 239 Å². The molecule has 0 aliphatic carbocycles. The van der Waals surface area contributed by atoms with Crippen molar-refractivity contribution >= 4 is 35.8 Å². The number of rotatable bonds is 44. The Morgan fingerprint density at radius 1 is 0.589 bits per heavy atom. The molecule has 1 fully saturated rings. The zero-order valence-electron chi connectivity index (χ0n) is 45.5. The minimum atomic E-state index is -4.10. The van der Waals surface area contributed by atoms with E-state index in [0.29, 0.717) is 29.9 Å². The second kappa shape index (κ2) is 40.2. The van der Waals surface area contributed by atoms with Gasteiger partial charge in [0.15, 0.2) is 12.4 Å². The highest BCUT2D eigenvalue weighted by Crippen LogP contribution is 2.48. The molecular weight excluding hydrogens is 945 g/mol. The Kier molecular flexibility index (Phi) is 35.3. The summed E-state index contributed by atoms with van der Waals surface area (Å²) < 4.78 is 55.1. The molecule has 1 saturated heterocycles. The number of aliphatic hydroxyl groups is 2. The Hall–Kier alpha value is -3.15. The molecule has 1 aliphatic rings. The molecule has 416 valence electrons. The Morgan fingerprint density at radius 3 is 1.47 bits per heavy atom. The molecule has 2 aromatic carbocycles. The summed E-state index contributed by atoms with van der Waals surface area (Å²) in [6, 6.07) is 15.4. The summed E-state index contributed by atoms with van der Waals surface area (Å²) in [4.78, 5) is 41.4. The zero-order valence-corrected chi connectivity index (χ0v) is 46.4. The third kappa shape index (κ3) is 26.9. The molecule has 2 aromatic rings. The normalized spacial score (nSPS) is 18.8. The van der Waals surface area contributed by atoms with Crippen LogP contribution in [-0.4, -0.2) is 77.6 Å². The van der Waals surface area contributed by atoms with Gasteiger partial charge >= 0.3 is 11.9 Å². The lowest BCUT2D eigenvalue weighted by atomic mass is 9.96. The van der Waals surface area contributed by atoms with Gasteiger partial charge in [0.1, 0.15) is 31.0 Å². The van der Waals surface area contributed by atoms with E-state index in [0.717, 1.165) is 70.6 Å². The first-order valence-corrected chi connectivity index (χ1v) is 30.8. The van der Waals surface area contributed by atoms with Crippen LogP contribution in [0.25, 0.3) is 0 Å². The number of hydrogen-bond acceptors (Lipinski definition) is 10. The molecular formula is C60H99FNO10P. The van der Waals surface area contributed by atoms with Gasteiger partial charge in [-0.1, -0.05) is 231 Å². The molecule has 1 unspecified atom stereocenters. The quantitative estimate of drug-likeness (QED) is 0.0331. The molecule has 1 amide bonds. The average Bonchev–Trinajstić information content (AvgIpc) is 3.39. The van der Waals surface area contributed by atoms with Gasteiger partial charge in [0.05, 0.1) is 18.9 Å². The van der Waals surface area contributed by atoms with E-state index in [1.54, 1.807) is 60.7 Å². The maximum atomic E-state index is 15.4. The van der Waals surface area contributed by atoms with E-state index in [-0.39, 0.29) is 25.2 Å². The first-order chi connectivity index (χ1) is 35.6. The fourth-order valence-electron chi connectivity index (χ4n) is 9.86. The molecule has 0 aromatic heterocycles. The van der Waals surface area contributed by atoms with Crippen LogP contribution in [0.2, 0.25) is 0 Å². The van der Waals surface area contributed by atoms with E-state index >= 15 is 8.96 Å². The number of alkyl halides is 1. The van der Waals surface area contributed by atoms with E-state index in [2.05, 4.69) is 26.1 Å². The van der Waals surface area contributed by atoms with Gasteiger partial charge in [-0.05, 0) is 49.9 Å². The number of ether oxygens (including phenoxy) is 3. The van der Waals surface area contributed by atoms with Gasteiger partial charge in [0, 0.05) is 17.0 Å². The highest BCUT2D eigenvalue weighted by atomic mass is 31.2. The van der Waals surface area contributed by atoms with Crippen molar-refractivity contribution in [3.05, 3.63) is 60.7 Å². The maximum absolute atomic E-state index is 15.4. The molecule has 0 saturated carbocycles. The van der Waals surface area contributed by atoms with Gasteiger partial charge in [-0.3, -0.25) is 18.9 Å². The van der Waals surface area contributed by atoms with Crippen molar-refractivity contribution in [3.63, 3.8) is 0 Å². The third-order valence-corrected chi connectivity index (χ3v) is 16.7. The Labute approximate surface area is 441 Å². The number of nitrogens with one attached hydrogen (secondary N) is 1. The van der Waals surface area contributed by atoms with E-state index < -0.39 is 68.8 Å². The molecule has 0 radical (unpaired) electrons.